The first-order valence-electron chi connectivity index (χ1n) is 20.1. The highest BCUT2D eigenvalue weighted by atomic mass is 31.2. The Kier molecular flexibility index (Phi) is 35.2. The van der Waals surface area contributed by atoms with Gasteiger partial charge in [-0.3, -0.25) is 14.1 Å². The number of esters is 2. The van der Waals surface area contributed by atoms with Crippen molar-refractivity contribution in [3.8, 4) is 0 Å². The van der Waals surface area contributed by atoms with Crippen LogP contribution < -0.4 is 0 Å². The maximum absolute atomic E-state index is 12.4. The number of rotatable bonds is 37. The summed E-state index contributed by atoms with van der Waals surface area (Å²) in [6.07, 6.45) is 40.4. The first-order valence-corrected chi connectivity index (χ1v) is 21.7. The average Bonchev–Trinajstić information content (AvgIpc) is 3.07. The van der Waals surface area contributed by atoms with Crippen molar-refractivity contribution < 1.29 is 37.9 Å². The van der Waals surface area contributed by atoms with Gasteiger partial charge in [0.05, 0.1) is 6.61 Å². The van der Waals surface area contributed by atoms with Gasteiger partial charge in [0.2, 0.25) is 0 Å². The molecular weight excluding hydrogens is 639 g/mol. The fraction of sp³-hybridized carbons (Fsp3) is 0.850. The number of allylic oxidation sites excluding steroid dienone is 4. The Morgan fingerprint density at radius 3 is 1.41 bits per heavy atom. The average molecular weight is 715 g/mol. The molecule has 0 radical (unpaired) electrons. The molecule has 0 rings (SSSR count). The third-order valence-corrected chi connectivity index (χ3v) is 9.21. The number of phosphoric ester groups is 1. The largest absolute Gasteiger partial charge is 0.469 e. The van der Waals surface area contributed by atoms with Crippen molar-refractivity contribution in [1.82, 2.24) is 0 Å². The number of hydrogen-bond donors (Lipinski definition) is 2. The first kappa shape index (κ1) is 47.5. The van der Waals surface area contributed by atoms with E-state index >= 15 is 0 Å². The van der Waals surface area contributed by atoms with Crippen molar-refractivity contribution in [2.45, 2.75) is 206 Å². The zero-order valence-corrected chi connectivity index (χ0v) is 32.5. The summed E-state index contributed by atoms with van der Waals surface area (Å²) in [4.78, 5) is 42.8. The van der Waals surface area contributed by atoms with Crippen LogP contribution in [-0.2, 0) is 28.2 Å². The van der Waals surface area contributed by atoms with Crippen LogP contribution in [0.2, 0.25) is 0 Å². The highest BCUT2D eigenvalue weighted by Gasteiger charge is 2.22. The Bertz CT molecular complexity index is 853. The first-order chi connectivity index (χ1) is 23.8. The molecule has 0 saturated carbocycles. The van der Waals surface area contributed by atoms with E-state index in [4.69, 9.17) is 19.3 Å². The SMILES string of the molecule is CCCC/C=C/C/C=C/CCCCCCCC(=O)OC[C@H](COP(=O)(O)O)OC(=O)CCCCCCCCCCCCCCCCCCC. The maximum atomic E-state index is 12.4. The lowest BCUT2D eigenvalue weighted by Crippen LogP contribution is -2.29. The number of phosphoric acid groups is 1. The van der Waals surface area contributed by atoms with Gasteiger partial charge in [0, 0.05) is 12.8 Å². The van der Waals surface area contributed by atoms with Crippen LogP contribution in [0.3, 0.4) is 0 Å². The summed E-state index contributed by atoms with van der Waals surface area (Å²) in [5.74, 6) is -0.894. The zero-order chi connectivity index (χ0) is 36.1. The second-order valence-electron chi connectivity index (χ2n) is 13.6. The van der Waals surface area contributed by atoms with Crippen LogP contribution in [0.5, 0.6) is 0 Å². The van der Waals surface area contributed by atoms with Gasteiger partial charge in [0.25, 0.3) is 0 Å². The molecule has 1 atom stereocenters. The summed E-state index contributed by atoms with van der Waals surface area (Å²) >= 11 is 0. The van der Waals surface area contributed by atoms with E-state index < -0.39 is 32.5 Å². The summed E-state index contributed by atoms with van der Waals surface area (Å²) in [6.45, 7) is 3.64. The van der Waals surface area contributed by atoms with Gasteiger partial charge in [0.1, 0.15) is 6.61 Å². The Morgan fingerprint density at radius 1 is 0.531 bits per heavy atom. The Balaban J connectivity index is 3.92. The van der Waals surface area contributed by atoms with Gasteiger partial charge in [-0.1, -0.05) is 173 Å². The van der Waals surface area contributed by atoms with Crippen molar-refractivity contribution in [3.05, 3.63) is 24.3 Å². The molecule has 0 aromatic carbocycles. The van der Waals surface area contributed by atoms with Gasteiger partial charge in [-0.15, -0.1) is 0 Å². The number of hydrogen-bond acceptors (Lipinski definition) is 6. The van der Waals surface area contributed by atoms with Crippen LogP contribution in [-0.4, -0.2) is 41.0 Å². The van der Waals surface area contributed by atoms with E-state index in [2.05, 4.69) is 42.7 Å². The summed E-state index contributed by atoms with van der Waals surface area (Å²) in [5.41, 5.74) is 0. The molecule has 9 heteroatoms. The van der Waals surface area contributed by atoms with Crippen LogP contribution in [0.15, 0.2) is 24.3 Å². The lowest BCUT2D eigenvalue weighted by Gasteiger charge is -2.18. The third-order valence-electron chi connectivity index (χ3n) is 8.72. The van der Waals surface area contributed by atoms with Gasteiger partial charge in [-0.2, -0.15) is 0 Å². The summed E-state index contributed by atoms with van der Waals surface area (Å²) in [7, 11) is -4.75. The van der Waals surface area contributed by atoms with Gasteiger partial charge >= 0.3 is 19.8 Å². The van der Waals surface area contributed by atoms with Gasteiger partial charge in [-0.05, 0) is 38.5 Å². The summed E-state index contributed by atoms with van der Waals surface area (Å²) in [5, 5.41) is 0. The normalized spacial score (nSPS) is 12.7. The summed E-state index contributed by atoms with van der Waals surface area (Å²) in [6, 6.07) is 0. The Labute approximate surface area is 300 Å². The smallest absolute Gasteiger partial charge is 0.462 e. The van der Waals surface area contributed by atoms with Crippen molar-refractivity contribution in [1.29, 1.82) is 0 Å². The second-order valence-corrected chi connectivity index (χ2v) is 14.9. The van der Waals surface area contributed by atoms with Gasteiger partial charge in [0.15, 0.2) is 6.10 Å². The molecule has 0 saturated heterocycles. The molecule has 0 heterocycles. The summed E-state index contributed by atoms with van der Waals surface area (Å²) < 4.78 is 26.3. The van der Waals surface area contributed by atoms with Crippen molar-refractivity contribution in [2.75, 3.05) is 13.2 Å². The van der Waals surface area contributed by atoms with Gasteiger partial charge < -0.3 is 19.3 Å². The highest BCUT2D eigenvalue weighted by molar-refractivity contribution is 7.46. The second kappa shape index (κ2) is 36.3. The van der Waals surface area contributed by atoms with Crippen molar-refractivity contribution >= 4 is 19.8 Å². The molecule has 0 aliphatic carbocycles. The molecule has 0 fully saturated rings. The van der Waals surface area contributed by atoms with E-state index in [-0.39, 0.29) is 19.4 Å². The quantitative estimate of drug-likeness (QED) is 0.0282. The van der Waals surface area contributed by atoms with Crippen LogP contribution in [0.1, 0.15) is 200 Å². The number of carbonyl (C=O) groups is 2. The van der Waals surface area contributed by atoms with E-state index in [1.54, 1.807) is 0 Å². The predicted octanol–water partition coefficient (Wildman–Crippen LogP) is 12.0. The molecule has 0 spiro atoms. The minimum atomic E-state index is -4.75. The molecule has 0 bridgehead atoms. The monoisotopic (exact) mass is 715 g/mol. The van der Waals surface area contributed by atoms with Gasteiger partial charge in [-0.25, -0.2) is 4.57 Å². The number of carbonyl (C=O) groups excluding carboxylic acids is 2. The van der Waals surface area contributed by atoms with E-state index in [1.165, 1.54) is 96.3 Å². The predicted molar refractivity (Wildman–Crippen MR) is 202 cm³/mol. The molecule has 288 valence electrons. The van der Waals surface area contributed by atoms with Crippen molar-refractivity contribution in [2.24, 2.45) is 0 Å². The van der Waals surface area contributed by atoms with E-state index in [9.17, 15) is 14.2 Å². The third kappa shape index (κ3) is 39.2. The molecule has 0 aliphatic rings. The van der Waals surface area contributed by atoms with E-state index in [0.717, 1.165) is 64.2 Å². The molecule has 2 N–H and O–H groups in total. The lowest BCUT2D eigenvalue weighted by molar-refractivity contribution is -0.161. The topological polar surface area (TPSA) is 119 Å². The van der Waals surface area contributed by atoms with E-state index in [1.807, 2.05) is 0 Å². The standard InChI is InChI=1S/C40H75O8P/c1-3-5-7-9-11-13-15-17-19-20-21-23-25-27-29-31-33-35-40(42)48-38(37-47-49(43,44)45)36-46-39(41)34-32-30-28-26-24-22-18-16-14-12-10-8-6-4-2/h10,12,16,18,38H,3-9,11,13-15,17,19-37H2,1-2H3,(H2,43,44,45)/b12-10+,18-16+/t38-/m1/s1. The van der Waals surface area contributed by atoms with E-state index in [0.29, 0.717) is 12.8 Å². The molecular formula is C40H75O8P. The fourth-order valence-corrected chi connectivity index (χ4v) is 6.04. The number of ether oxygens (including phenoxy) is 2. The molecule has 0 aromatic heterocycles. The molecule has 0 aliphatic heterocycles. The molecule has 0 unspecified atom stereocenters. The lowest BCUT2D eigenvalue weighted by atomic mass is 10.0. The van der Waals surface area contributed by atoms with Crippen molar-refractivity contribution in [3.63, 3.8) is 0 Å². The fourth-order valence-electron chi connectivity index (χ4n) is 5.68. The minimum Gasteiger partial charge on any atom is -0.462 e. The number of unbranched alkanes of at least 4 members (excludes halogenated alkanes) is 23. The minimum absolute atomic E-state index is 0.213. The van der Waals surface area contributed by atoms with Crippen LogP contribution in [0.25, 0.3) is 0 Å². The van der Waals surface area contributed by atoms with Crippen LogP contribution in [0.4, 0.5) is 0 Å². The Hall–Kier alpha value is -1.47. The highest BCUT2D eigenvalue weighted by Crippen LogP contribution is 2.36. The molecule has 49 heavy (non-hydrogen) atoms. The van der Waals surface area contributed by atoms with Crippen LogP contribution in [0, 0.1) is 0 Å². The molecule has 0 aromatic rings. The molecule has 0 amide bonds. The Morgan fingerprint density at radius 2 is 0.939 bits per heavy atom. The maximum Gasteiger partial charge on any atom is 0.469 e. The molecule has 8 nitrogen and oxygen atoms in total. The van der Waals surface area contributed by atoms with Crippen LogP contribution >= 0.6 is 7.82 Å². The zero-order valence-electron chi connectivity index (χ0n) is 31.6.